The number of fused-ring (bicyclic) bond motifs is 1. The van der Waals surface area contributed by atoms with Crippen molar-refractivity contribution in [2.24, 2.45) is 0 Å². The third-order valence-corrected chi connectivity index (χ3v) is 6.64. The van der Waals surface area contributed by atoms with Crippen molar-refractivity contribution in [3.63, 3.8) is 0 Å². The van der Waals surface area contributed by atoms with Crippen LogP contribution in [0.5, 0.6) is 0 Å². The summed E-state index contributed by atoms with van der Waals surface area (Å²) in [7, 11) is 0. The summed E-state index contributed by atoms with van der Waals surface area (Å²) in [5.74, 6) is -0.659. The molecule has 20 heavy (non-hydrogen) atoms. The van der Waals surface area contributed by atoms with Crippen molar-refractivity contribution in [3.05, 3.63) is 19.8 Å². The Labute approximate surface area is 132 Å². The molecule has 0 saturated heterocycles. The molecule has 0 saturated carbocycles. The van der Waals surface area contributed by atoms with Crippen LogP contribution in [0.4, 0.5) is 0 Å². The summed E-state index contributed by atoms with van der Waals surface area (Å²) in [5, 5.41) is 0. The predicted molar refractivity (Wildman–Crippen MR) is 84.1 cm³/mol. The maximum absolute atomic E-state index is 11.9. The first-order valence-electron chi connectivity index (χ1n) is 6.06. The molecule has 0 aliphatic rings. The van der Waals surface area contributed by atoms with E-state index in [4.69, 9.17) is 9.47 Å². The van der Waals surface area contributed by atoms with E-state index in [0.29, 0.717) is 27.4 Å². The normalized spacial score (nSPS) is 10.8. The van der Waals surface area contributed by atoms with E-state index < -0.39 is 0 Å². The molecule has 0 spiro atoms. The number of carbonyl (C=O) groups excluding carboxylic acids is 2. The van der Waals surface area contributed by atoms with Crippen LogP contribution in [0.1, 0.15) is 38.8 Å². The lowest BCUT2D eigenvalue weighted by Crippen LogP contribution is -2.04. The zero-order valence-corrected chi connectivity index (χ0v) is 14.5. The van der Waals surface area contributed by atoms with Gasteiger partial charge < -0.3 is 9.47 Å². The molecule has 0 bridgehead atoms. The first-order valence-corrected chi connectivity index (χ1v) is 8.49. The van der Waals surface area contributed by atoms with Gasteiger partial charge in [0.05, 0.1) is 27.1 Å². The summed E-state index contributed by atoms with van der Waals surface area (Å²) in [6, 6.07) is 0. The number of ether oxygens (including phenoxy) is 2. The van der Waals surface area contributed by atoms with E-state index >= 15 is 0 Å². The van der Waals surface area contributed by atoms with Crippen molar-refractivity contribution < 1.29 is 19.1 Å². The monoisotopic (exact) mass is 376 g/mol. The molecule has 0 fully saturated rings. The van der Waals surface area contributed by atoms with Crippen molar-refractivity contribution in [1.82, 2.24) is 0 Å². The Morgan fingerprint density at radius 2 is 1.50 bits per heavy atom. The first-order chi connectivity index (χ1) is 9.51. The van der Waals surface area contributed by atoms with Gasteiger partial charge in [-0.3, -0.25) is 0 Å². The Hall–Kier alpha value is -0.920. The van der Waals surface area contributed by atoms with Gasteiger partial charge in [-0.1, -0.05) is 0 Å². The second-order valence-corrected chi connectivity index (χ2v) is 6.73. The van der Waals surface area contributed by atoms with E-state index in [0.717, 1.165) is 15.0 Å². The fourth-order valence-corrected chi connectivity index (χ4v) is 5.12. The number of hydrogen-bond donors (Lipinski definition) is 0. The third kappa shape index (κ3) is 2.62. The van der Waals surface area contributed by atoms with Crippen LogP contribution in [0, 0.1) is 6.92 Å². The topological polar surface area (TPSA) is 52.6 Å². The maximum Gasteiger partial charge on any atom is 0.349 e. The largest absolute Gasteiger partial charge is 0.462 e. The smallest absolute Gasteiger partial charge is 0.349 e. The van der Waals surface area contributed by atoms with Crippen LogP contribution in [-0.2, 0) is 9.47 Å². The highest BCUT2D eigenvalue weighted by Crippen LogP contribution is 2.44. The molecule has 2 aromatic rings. The molecule has 0 aliphatic heterocycles. The van der Waals surface area contributed by atoms with Gasteiger partial charge in [-0.05, 0) is 42.3 Å². The molecule has 0 aliphatic carbocycles. The standard InChI is InChI=1S/C13H13BrO4S2/c1-4-17-12(15)9-6(3)8-10(20-9)7(14)11(19-8)13(16)18-5-2/h4-5H2,1-3H3. The number of halogens is 1. The molecule has 0 N–H and O–H groups in total. The molecule has 0 atom stereocenters. The molecule has 4 nitrogen and oxygen atoms in total. The van der Waals surface area contributed by atoms with Crippen LogP contribution in [0.15, 0.2) is 4.47 Å². The Bertz CT molecular complexity index is 614. The fourth-order valence-electron chi connectivity index (χ4n) is 1.74. The highest BCUT2D eigenvalue weighted by Gasteiger charge is 2.24. The predicted octanol–water partition coefficient (Wildman–Crippen LogP) is 4.39. The average molecular weight is 377 g/mol. The second kappa shape index (κ2) is 6.24. The molecule has 7 heteroatoms. The lowest BCUT2D eigenvalue weighted by molar-refractivity contribution is 0.0522. The van der Waals surface area contributed by atoms with Gasteiger partial charge >= 0.3 is 11.9 Å². The summed E-state index contributed by atoms with van der Waals surface area (Å²) in [4.78, 5) is 24.8. The van der Waals surface area contributed by atoms with E-state index in [2.05, 4.69) is 15.9 Å². The minimum absolute atomic E-state index is 0.317. The molecule has 0 aromatic carbocycles. The Balaban J connectivity index is 2.49. The maximum atomic E-state index is 11.9. The number of carbonyl (C=O) groups is 2. The van der Waals surface area contributed by atoms with Gasteiger partial charge in [-0.15, -0.1) is 22.7 Å². The summed E-state index contributed by atoms with van der Waals surface area (Å²) in [6.45, 7) is 6.09. The van der Waals surface area contributed by atoms with Crippen molar-refractivity contribution in [1.29, 1.82) is 0 Å². The van der Waals surface area contributed by atoms with E-state index in [-0.39, 0.29) is 11.9 Å². The van der Waals surface area contributed by atoms with Crippen LogP contribution < -0.4 is 0 Å². The fraction of sp³-hybridized carbons (Fsp3) is 0.385. The molecule has 0 radical (unpaired) electrons. The van der Waals surface area contributed by atoms with Gasteiger partial charge in [0, 0.05) is 0 Å². The first kappa shape index (κ1) is 15.5. The van der Waals surface area contributed by atoms with Crippen LogP contribution in [-0.4, -0.2) is 25.2 Å². The van der Waals surface area contributed by atoms with Gasteiger partial charge in [-0.2, -0.15) is 0 Å². The van der Waals surface area contributed by atoms with Crippen LogP contribution in [0.2, 0.25) is 0 Å². The zero-order chi connectivity index (χ0) is 14.9. The number of esters is 2. The SMILES string of the molecule is CCOC(=O)c1sc2c(Br)c(C(=O)OCC)sc2c1C. The van der Waals surface area contributed by atoms with E-state index in [9.17, 15) is 9.59 Å². The highest BCUT2D eigenvalue weighted by atomic mass is 79.9. The molecular formula is C13H13BrO4S2. The molecule has 108 valence electrons. The van der Waals surface area contributed by atoms with Crippen molar-refractivity contribution in [3.8, 4) is 0 Å². The summed E-state index contributed by atoms with van der Waals surface area (Å²) < 4.78 is 12.6. The van der Waals surface area contributed by atoms with Crippen molar-refractivity contribution in [2.75, 3.05) is 13.2 Å². The minimum atomic E-state index is -0.343. The van der Waals surface area contributed by atoms with Gasteiger partial charge in [0.15, 0.2) is 0 Å². The number of rotatable bonds is 4. The Kier molecular flexibility index (Phi) is 4.82. The molecular weight excluding hydrogens is 364 g/mol. The van der Waals surface area contributed by atoms with Crippen LogP contribution in [0.25, 0.3) is 9.40 Å². The molecule has 0 amide bonds. The van der Waals surface area contributed by atoms with Crippen molar-refractivity contribution >= 4 is 59.9 Å². The average Bonchev–Trinajstić information content (AvgIpc) is 2.89. The molecule has 2 aromatic heterocycles. The summed E-state index contributed by atoms with van der Waals surface area (Å²) in [5.41, 5.74) is 0.852. The Morgan fingerprint density at radius 1 is 1.00 bits per heavy atom. The van der Waals surface area contributed by atoms with Gasteiger partial charge in [0.1, 0.15) is 9.75 Å². The molecule has 2 heterocycles. The lowest BCUT2D eigenvalue weighted by atomic mass is 10.3. The van der Waals surface area contributed by atoms with Crippen LogP contribution >= 0.6 is 38.6 Å². The van der Waals surface area contributed by atoms with Crippen LogP contribution in [0.3, 0.4) is 0 Å². The molecule has 0 unspecified atom stereocenters. The van der Waals surface area contributed by atoms with Gasteiger partial charge in [0.25, 0.3) is 0 Å². The highest BCUT2D eigenvalue weighted by molar-refractivity contribution is 9.10. The van der Waals surface area contributed by atoms with Crippen molar-refractivity contribution in [2.45, 2.75) is 20.8 Å². The third-order valence-electron chi connectivity index (χ3n) is 2.62. The quantitative estimate of drug-likeness (QED) is 0.742. The van der Waals surface area contributed by atoms with E-state index in [1.54, 1.807) is 13.8 Å². The summed E-state index contributed by atoms with van der Waals surface area (Å²) >= 11 is 6.10. The van der Waals surface area contributed by atoms with E-state index in [1.807, 2.05) is 6.92 Å². The molecule has 2 rings (SSSR count). The second-order valence-electron chi connectivity index (χ2n) is 3.90. The number of aryl methyl sites for hydroxylation is 1. The summed E-state index contributed by atoms with van der Waals surface area (Å²) in [6.07, 6.45) is 0. The van der Waals surface area contributed by atoms with E-state index in [1.165, 1.54) is 22.7 Å². The van der Waals surface area contributed by atoms with Gasteiger partial charge in [0.2, 0.25) is 0 Å². The zero-order valence-electron chi connectivity index (χ0n) is 11.2. The Morgan fingerprint density at radius 3 is 2.00 bits per heavy atom. The minimum Gasteiger partial charge on any atom is -0.462 e. The van der Waals surface area contributed by atoms with Gasteiger partial charge in [-0.25, -0.2) is 9.59 Å². The number of thiophene rings is 2. The lowest BCUT2D eigenvalue weighted by Gasteiger charge is -2.00. The number of hydrogen-bond acceptors (Lipinski definition) is 6.